The highest BCUT2D eigenvalue weighted by atomic mass is 32.2. The van der Waals surface area contributed by atoms with E-state index in [1.807, 2.05) is 6.07 Å². The van der Waals surface area contributed by atoms with Gasteiger partial charge >= 0.3 is 0 Å². The number of aliphatic hydroxyl groups is 1. The molecule has 0 saturated carbocycles. The van der Waals surface area contributed by atoms with Crippen LogP contribution < -0.4 is 5.56 Å². The summed E-state index contributed by atoms with van der Waals surface area (Å²) < 4.78 is 18.6. The van der Waals surface area contributed by atoms with Gasteiger partial charge in [-0.25, -0.2) is 9.19 Å². The van der Waals surface area contributed by atoms with Crippen LogP contribution in [-0.4, -0.2) is 24.7 Å². The zero-order valence-electron chi connectivity index (χ0n) is 14.0. The zero-order chi connectivity index (χ0) is 18.0. The van der Waals surface area contributed by atoms with Gasteiger partial charge in [-0.3, -0.25) is 4.79 Å². The van der Waals surface area contributed by atoms with Gasteiger partial charge < -0.3 is 5.11 Å². The zero-order valence-corrected chi connectivity index (χ0v) is 14.8. The number of aliphatic hydroxyl groups excluding tert-OH is 1. The van der Waals surface area contributed by atoms with Gasteiger partial charge in [0.15, 0.2) is 5.82 Å². The minimum absolute atomic E-state index is 0.0702. The Bertz CT molecular complexity index is 1080. The van der Waals surface area contributed by atoms with Crippen molar-refractivity contribution < 1.29 is 9.32 Å². The smallest absolute Gasteiger partial charge is 0.282 e. The summed E-state index contributed by atoms with van der Waals surface area (Å²) >= 11 is 0. The second-order valence-electron chi connectivity index (χ2n) is 5.60. The number of rotatable bonds is 4. The molecule has 6 nitrogen and oxygen atoms in total. The van der Waals surface area contributed by atoms with Crippen LogP contribution in [0.1, 0.15) is 25.8 Å². The highest BCUT2D eigenvalue weighted by Gasteiger charge is 2.18. The molecule has 0 amide bonds. The molecule has 0 aliphatic heterocycles. The van der Waals surface area contributed by atoms with Crippen molar-refractivity contribution in [2.75, 3.05) is 5.75 Å². The number of benzene rings is 2. The fraction of sp³-hybridized carbons (Fsp3) is 0.222. The molecule has 2 atom stereocenters. The van der Waals surface area contributed by atoms with Crippen LogP contribution in [0.3, 0.4) is 0 Å². The van der Waals surface area contributed by atoms with Gasteiger partial charge in [0.2, 0.25) is 0 Å². The Balaban J connectivity index is 2.38. The fourth-order valence-electron chi connectivity index (χ4n) is 2.53. The molecule has 25 heavy (non-hydrogen) atoms. The summed E-state index contributed by atoms with van der Waals surface area (Å²) in [5.74, 6) is 0.302. The summed E-state index contributed by atoms with van der Waals surface area (Å²) in [5.41, 5.74) is 0.0242. The van der Waals surface area contributed by atoms with Crippen LogP contribution in [0.4, 0.5) is 0 Å². The normalized spacial score (nSPS) is 14.8. The average Bonchev–Trinajstić information content (AvgIpc) is 2.64. The maximum absolute atomic E-state index is 13.4. The summed E-state index contributed by atoms with van der Waals surface area (Å²) in [6.45, 7) is 3.25. The van der Waals surface area contributed by atoms with Crippen molar-refractivity contribution in [3.63, 3.8) is 0 Å². The molecule has 0 saturated heterocycles. The quantitative estimate of drug-likeness (QED) is 0.778. The monoisotopic (exact) mass is 357 g/mol. The largest absolute Gasteiger partial charge is 0.385 e. The molecule has 1 aromatic heterocycles. The van der Waals surface area contributed by atoms with Crippen LogP contribution in [-0.2, 0) is 9.73 Å². The van der Waals surface area contributed by atoms with Crippen LogP contribution in [0, 0.1) is 0 Å². The number of hydrogen-bond donors (Lipinski definition) is 1. The molecule has 7 heteroatoms. The van der Waals surface area contributed by atoms with Crippen molar-refractivity contribution >= 4 is 20.6 Å². The Morgan fingerprint density at radius 1 is 1.16 bits per heavy atom. The number of fused-ring (bicyclic) bond motifs is 1. The average molecular weight is 357 g/mol. The summed E-state index contributed by atoms with van der Waals surface area (Å²) in [4.78, 5) is 17.7. The molecule has 0 spiro atoms. The van der Waals surface area contributed by atoms with Gasteiger partial charge in [-0.15, -0.1) is 4.47 Å². The van der Waals surface area contributed by atoms with Crippen LogP contribution in [0.15, 0.2) is 68.8 Å². The highest BCUT2D eigenvalue weighted by molar-refractivity contribution is 7.93. The summed E-state index contributed by atoms with van der Waals surface area (Å²) in [6.07, 6.45) is -1.03. The van der Waals surface area contributed by atoms with Gasteiger partial charge in [0, 0.05) is 10.6 Å². The van der Waals surface area contributed by atoms with Gasteiger partial charge in [-0.1, -0.05) is 37.3 Å². The summed E-state index contributed by atoms with van der Waals surface area (Å²) in [5, 5.41) is 10.4. The molecule has 1 N–H and O–H groups in total. The molecule has 1 heterocycles. The van der Waals surface area contributed by atoms with Crippen LogP contribution in [0.2, 0.25) is 0 Å². The third kappa shape index (κ3) is 3.20. The van der Waals surface area contributed by atoms with E-state index in [0.29, 0.717) is 15.8 Å². The molecular weight excluding hydrogens is 338 g/mol. The van der Waals surface area contributed by atoms with E-state index in [4.69, 9.17) is 0 Å². The Kier molecular flexibility index (Phi) is 4.69. The van der Waals surface area contributed by atoms with Crippen LogP contribution >= 0.6 is 0 Å². The van der Waals surface area contributed by atoms with E-state index >= 15 is 0 Å². The van der Waals surface area contributed by atoms with Gasteiger partial charge in [-0.05, 0) is 31.2 Å². The lowest BCUT2D eigenvalue weighted by Gasteiger charge is -2.14. The predicted octanol–water partition coefficient (Wildman–Crippen LogP) is 2.76. The van der Waals surface area contributed by atoms with Crippen molar-refractivity contribution in [3.8, 4) is 0 Å². The van der Waals surface area contributed by atoms with Crippen molar-refractivity contribution in [1.29, 1.82) is 0 Å². The molecule has 0 unspecified atom stereocenters. The molecule has 0 radical (unpaired) electrons. The SMILES string of the molecule is CC[S@](=O)(=Nn1c([C@H](C)O)nc2ccccc2c1=O)c1ccccc1. The van der Waals surface area contributed by atoms with E-state index in [-0.39, 0.29) is 11.6 Å². The Morgan fingerprint density at radius 3 is 2.44 bits per heavy atom. The first-order chi connectivity index (χ1) is 12.0. The van der Waals surface area contributed by atoms with E-state index in [9.17, 15) is 14.1 Å². The van der Waals surface area contributed by atoms with E-state index in [1.54, 1.807) is 55.5 Å². The lowest BCUT2D eigenvalue weighted by molar-refractivity contribution is 0.183. The second kappa shape index (κ2) is 6.78. The Labute approximate surface area is 145 Å². The first-order valence-corrected chi connectivity index (χ1v) is 9.64. The van der Waals surface area contributed by atoms with Gasteiger partial charge in [0.1, 0.15) is 6.10 Å². The van der Waals surface area contributed by atoms with Gasteiger partial charge in [0.05, 0.1) is 20.6 Å². The lowest BCUT2D eigenvalue weighted by atomic mass is 10.2. The van der Waals surface area contributed by atoms with E-state index in [0.717, 1.165) is 4.68 Å². The topological polar surface area (TPSA) is 84.6 Å². The third-order valence-electron chi connectivity index (χ3n) is 3.87. The van der Waals surface area contributed by atoms with Crippen molar-refractivity contribution in [1.82, 2.24) is 9.66 Å². The minimum Gasteiger partial charge on any atom is -0.385 e. The maximum Gasteiger partial charge on any atom is 0.282 e. The molecule has 0 aliphatic carbocycles. The molecule has 130 valence electrons. The Morgan fingerprint density at radius 2 is 1.80 bits per heavy atom. The summed E-state index contributed by atoms with van der Waals surface area (Å²) in [7, 11) is -2.87. The first-order valence-electron chi connectivity index (χ1n) is 7.96. The third-order valence-corrected chi connectivity index (χ3v) is 6.09. The first kappa shape index (κ1) is 17.3. The van der Waals surface area contributed by atoms with Gasteiger partial charge in [-0.2, -0.15) is 4.68 Å². The van der Waals surface area contributed by atoms with E-state index in [1.165, 1.54) is 6.92 Å². The van der Waals surface area contributed by atoms with E-state index < -0.39 is 21.4 Å². The standard InChI is InChI=1S/C18H19N3O3S/c1-3-25(24,14-9-5-4-6-10-14)20-21-17(13(2)22)19-16-12-8-7-11-15(16)18(21)23/h4-13,22H,3H2,1-2H3/t13-,25+/m0/s1. The van der Waals surface area contributed by atoms with Gasteiger partial charge in [0.25, 0.3) is 5.56 Å². The minimum atomic E-state index is -2.87. The molecule has 3 rings (SSSR count). The number of aromatic nitrogens is 2. The molecule has 2 aromatic carbocycles. The van der Waals surface area contributed by atoms with Crippen LogP contribution in [0.5, 0.6) is 0 Å². The second-order valence-corrected chi connectivity index (χ2v) is 8.10. The van der Waals surface area contributed by atoms with Crippen molar-refractivity contribution in [2.45, 2.75) is 24.8 Å². The Hall–Kier alpha value is -2.51. The molecule has 0 bridgehead atoms. The number of nitrogens with zero attached hydrogens (tertiary/aromatic N) is 3. The van der Waals surface area contributed by atoms with Crippen molar-refractivity contribution in [3.05, 3.63) is 70.8 Å². The molecule has 0 fully saturated rings. The van der Waals surface area contributed by atoms with Crippen LogP contribution in [0.25, 0.3) is 10.9 Å². The predicted molar refractivity (Wildman–Crippen MR) is 97.9 cm³/mol. The molecule has 0 aliphatic rings. The number of hydrogen-bond acceptors (Lipinski definition) is 5. The maximum atomic E-state index is 13.4. The number of para-hydroxylation sites is 1. The van der Waals surface area contributed by atoms with Crippen molar-refractivity contribution in [2.24, 2.45) is 4.47 Å². The molecular formula is C18H19N3O3S. The lowest BCUT2D eigenvalue weighted by Crippen LogP contribution is -2.25. The fourth-order valence-corrected chi connectivity index (χ4v) is 4.07. The highest BCUT2D eigenvalue weighted by Crippen LogP contribution is 2.17. The summed E-state index contributed by atoms with van der Waals surface area (Å²) in [6, 6.07) is 15.6. The van der Waals surface area contributed by atoms with E-state index in [2.05, 4.69) is 9.46 Å². The molecule has 3 aromatic rings.